The molecule has 0 atom stereocenters. The van der Waals surface area contributed by atoms with Gasteiger partial charge < -0.3 is 9.52 Å². The van der Waals surface area contributed by atoms with E-state index < -0.39 is 17.6 Å². The molecule has 0 bridgehead atoms. The predicted octanol–water partition coefficient (Wildman–Crippen LogP) is 3.13. The van der Waals surface area contributed by atoms with E-state index in [-0.39, 0.29) is 23.8 Å². The molecule has 2 aliphatic heterocycles. The zero-order valence-electron chi connectivity index (χ0n) is 17.5. The van der Waals surface area contributed by atoms with Gasteiger partial charge in [0, 0.05) is 51.4 Å². The van der Waals surface area contributed by atoms with Crippen molar-refractivity contribution in [2.75, 3.05) is 45.8 Å². The largest absolute Gasteiger partial charge is 0.480 e. The Morgan fingerprint density at radius 1 is 1.12 bits per heavy atom. The average molecular weight is 494 g/mol. The topological polar surface area (TPSA) is 77.2 Å². The van der Waals surface area contributed by atoms with E-state index in [1.165, 1.54) is 17.8 Å². The molecule has 1 N–H and O–H groups in total. The monoisotopic (exact) mass is 493 g/mol. The molecule has 174 valence electrons. The molecule has 0 radical (unpaired) electrons. The van der Waals surface area contributed by atoms with E-state index in [2.05, 4.69) is 4.90 Å². The Balaban J connectivity index is 1.35. The number of benzene rings is 1. The van der Waals surface area contributed by atoms with Crippen LogP contribution in [-0.4, -0.2) is 81.8 Å². The van der Waals surface area contributed by atoms with Gasteiger partial charge in [-0.2, -0.15) is 0 Å². The standard InChI is InChI=1S/C22H21F2N3O4S2/c23-14-1-3-16(17(24)11-14)18-4-2-15(31-18)12-19-21(30)27(22(32)33-19)10-9-25-5-7-26(8-6-25)13-20(28)29/h1-4,11-12H,5-10,13H2,(H,28,29). The summed E-state index contributed by atoms with van der Waals surface area (Å²) in [6.07, 6.45) is 1.56. The lowest BCUT2D eigenvalue weighted by Gasteiger charge is -2.34. The summed E-state index contributed by atoms with van der Waals surface area (Å²) in [4.78, 5) is 29.7. The lowest BCUT2D eigenvalue weighted by Crippen LogP contribution is -2.49. The van der Waals surface area contributed by atoms with Crippen molar-refractivity contribution < 1.29 is 27.9 Å². The van der Waals surface area contributed by atoms with Crippen LogP contribution in [0.1, 0.15) is 5.76 Å². The van der Waals surface area contributed by atoms with Crippen molar-refractivity contribution in [3.8, 4) is 11.3 Å². The number of piperazine rings is 1. The number of carboxylic acid groups (broad SMARTS) is 1. The molecule has 1 aromatic heterocycles. The van der Waals surface area contributed by atoms with Gasteiger partial charge in [0.2, 0.25) is 0 Å². The Bertz CT molecular complexity index is 1110. The third-order valence-corrected chi connectivity index (χ3v) is 6.81. The number of furan rings is 1. The number of hydrogen-bond donors (Lipinski definition) is 1. The Morgan fingerprint density at radius 2 is 1.85 bits per heavy atom. The number of carbonyl (C=O) groups excluding carboxylic acids is 1. The fourth-order valence-electron chi connectivity index (χ4n) is 3.69. The van der Waals surface area contributed by atoms with Gasteiger partial charge in [0.15, 0.2) is 0 Å². The molecule has 0 unspecified atom stereocenters. The second-order valence-corrected chi connectivity index (χ2v) is 9.35. The Hall–Kier alpha value is -2.60. The molecule has 33 heavy (non-hydrogen) atoms. The first kappa shape index (κ1) is 23.6. The smallest absolute Gasteiger partial charge is 0.317 e. The first-order valence-electron chi connectivity index (χ1n) is 10.3. The maximum atomic E-state index is 14.0. The van der Waals surface area contributed by atoms with E-state index in [0.29, 0.717) is 41.2 Å². The fraction of sp³-hybridized carbons (Fsp3) is 0.318. The number of aliphatic carboxylic acids is 1. The summed E-state index contributed by atoms with van der Waals surface area (Å²) in [5, 5.41) is 8.89. The predicted molar refractivity (Wildman–Crippen MR) is 124 cm³/mol. The molecule has 11 heteroatoms. The van der Waals surface area contributed by atoms with Crippen LogP contribution in [0.2, 0.25) is 0 Å². The van der Waals surface area contributed by atoms with Crippen LogP contribution in [-0.2, 0) is 9.59 Å². The number of rotatable bonds is 7. The second-order valence-electron chi connectivity index (χ2n) is 7.67. The minimum atomic E-state index is -0.834. The van der Waals surface area contributed by atoms with Crippen molar-refractivity contribution in [2.45, 2.75) is 0 Å². The minimum Gasteiger partial charge on any atom is -0.480 e. The second kappa shape index (κ2) is 10.1. The molecule has 0 spiro atoms. The molecule has 0 aliphatic carbocycles. The number of nitrogens with zero attached hydrogens (tertiary/aromatic N) is 3. The molecular weight excluding hydrogens is 472 g/mol. The van der Waals surface area contributed by atoms with Gasteiger partial charge in [0.05, 0.1) is 17.0 Å². The summed E-state index contributed by atoms with van der Waals surface area (Å²) in [6.45, 7) is 3.90. The third-order valence-electron chi connectivity index (χ3n) is 5.43. The maximum absolute atomic E-state index is 14.0. The Labute approximate surface area is 198 Å². The molecule has 2 aromatic rings. The lowest BCUT2D eigenvalue weighted by atomic mass is 10.1. The van der Waals surface area contributed by atoms with Crippen LogP contribution in [0.5, 0.6) is 0 Å². The van der Waals surface area contributed by atoms with E-state index in [1.807, 2.05) is 4.90 Å². The molecule has 2 fully saturated rings. The van der Waals surface area contributed by atoms with Gasteiger partial charge in [-0.3, -0.25) is 24.3 Å². The summed E-state index contributed by atoms with van der Waals surface area (Å²) in [6, 6.07) is 6.41. The summed E-state index contributed by atoms with van der Waals surface area (Å²) in [7, 11) is 0. The van der Waals surface area contributed by atoms with E-state index in [9.17, 15) is 18.4 Å². The van der Waals surface area contributed by atoms with E-state index in [0.717, 1.165) is 25.2 Å². The van der Waals surface area contributed by atoms with Gasteiger partial charge in [0.25, 0.3) is 5.91 Å². The summed E-state index contributed by atoms with van der Waals surface area (Å²) < 4.78 is 33.2. The molecule has 0 saturated carbocycles. The van der Waals surface area contributed by atoms with Gasteiger partial charge >= 0.3 is 5.97 Å². The van der Waals surface area contributed by atoms with Crippen LogP contribution < -0.4 is 0 Å². The molecule has 7 nitrogen and oxygen atoms in total. The Kier molecular flexibility index (Phi) is 7.23. The third kappa shape index (κ3) is 5.67. The van der Waals surface area contributed by atoms with Crippen molar-refractivity contribution in [1.82, 2.24) is 14.7 Å². The average Bonchev–Trinajstić information content (AvgIpc) is 3.32. The van der Waals surface area contributed by atoms with Crippen molar-refractivity contribution >= 4 is 46.3 Å². The zero-order chi connectivity index (χ0) is 23.5. The minimum absolute atomic E-state index is 0.0373. The van der Waals surface area contributed by atoms with Crippen molar-refractivity contribution in [3.05, 3.63) is 52.6 Å². The first-order chi connectivity index (χ1) is 15.8. The van der Waals surface area contributed by atoms with Crippen molar-refractivity contribution in [2.24, 2.45) is 0 Å². The van der Waals surface area contributed by atoms with Crippen LogP contribution in [0, 0.1) is 11.6 Å². The summed E-state index contributed by atoms with van der Waals surface area (Å²) in [5.41, 5.74) is 0.132. The number of thioether (sulfide) groups is 1. The van der Waals surface area contributed by atoms with Crippen LogP contribution in [0.25, 0.3) is 17.4 Å². The van der Waals surface area contributed by atoms with Crippen molar-refractivity contribution in [3.63, 3.8) is 0 Å². The number of halogens is 2. The molecule has 4 rings (SSSR count). The highest BCUT2D eigenvalue weighted by Gasteiger charge is 2.32. The van der Waals surface area contributed by atoms with Gasteiger partial charge in [0.1, 0.15) is 27.5 Å². The van der Waals surface area contributed by atoms with Crippen molar-refractivity contribution in [1.29, 1.82) is 0 Å². The fourth-order valence-corrected chi connectivity index (χ4v) is 4.98. The molecule has 3 heterocycles. The van der Waals surface area contributed by atoms with Gasteiger partial charge in [-0.25, -0.2) is 8.78 Å². The SMILES string of the molecule is O=C(O)CN1CCN(CCN2C(=O)C(=Cc3ccc(-c4ccc(F)cc4F)o3)SC2=S)CC1. The molecular formula is C22H21F2N3O4S2. The summed E-state index contributed by atoms with van der Waals surface area (Å²) in [5.74, 6) is -1.86. The normalized spacial score (nSPS) is 19.1. The van der Waals surface area contributed by atoms with E-state index >= 15 is 0 Å². The highest BCUT2D eigenvalue weighted by molar-refractivity contribution is 8.26. The Morgan fingerprint density at radius 3 is 2.55 bits per heavy atom. The number of carboxylic acids is 1. The number of carbonyl (C=O) groups is 2. The first-order valence-corrected chi connectivity index (χ1v) is 11.5. The number of hydrogen-bond acceptors (Lipinski definition) is 7. The van der Waals surface area contributed by atoms with Crippen LogP contribution in [0.3, 0.4) is 0 Å². The van der Waals surface area contributed by atoms with Crippen LogP contribution in [0.4, 0.5) is 8.78 Å². The van der Waals surface area contributed by atoms with E-state index in [4.69, 9.17) is 21.7 Å². The molecule has 2 aliphatic rings. The number of amides is 1. The summed E-state index contributed by atoms with van der Waals surface area (Å²) >= 11 is 6.55. The number of thiocarbonyl (C=S) groups is 1. The van der Waals surface area contributed by atoms with Gasteiger partial charge in [-0.1, -0.05) is 24.0 Å². The highest BCUT2D eigenvalue weighted by Crippen LogP contribution is 2.34. The molecule has 1 amide bonds. The van der Waals surface area contributed by atoms with Crippen LogP contribution >= 0.6 is 24.0 Å². The quantitative estimate of drug-likeness (QED) is 0.466. The van der Waals surface area contributed by atoms with Crippen LogP contribution in [0.15, 0.2) is 39.7 Å². The highest BCUT2D eigenvalue weighted by atomic mass is 32.2. The lowest BCUT2D eigenvalue weighted by molar-refractivity contribution is -0.138. The molecule has 2 saturated heterocycles. The van der Waals surface area contributed by atoms with Gasteiger partial charge in [-0.05, 0) is 24.3 Å². The zero-order valence-corrected chi connectivity index (χ0v) is 19.1. The molecule has 1 aromatic carbocycles. The van der Waals surface area contributed by atoms with E-state index in [1.54, 1.807) is 23.1 Å². The van der Waals surface area contributed by atoms with Gasteiger partial charge in [-0.15, -0.1) is 0 Å². The maximum Gasteiger partial charge on any atom is 0.317 e.